The molecule has 0 aromatic heterocycles. The zero-order valence-electron chi connectivity index (χ0n) is 9.76. The Bertz CT molecular complexity index is 180. The number of morpholine rings is 1. The Balaban J connectivity index is 1.75. The standard InChI is InChI=1S/C12H23NO2/c1-2-14-9-11-8-13-12(10-15-11)6-4-3-5-7-12/h11,13H,2-10H2,1H3. The van der Waals surface area contributed by atoms with E-state index >= 15 is 0 Å². The van der Waals surface area contributed by atoms with E-state index in [1.54, 1.807) is 0 Å². The molecule has 3 heteroatoms. The van der Waals surface area contributed by atoms with E-state index in [-0.39, 0.29) is 6.10 Å². The second-order valence-electron chi connectivity index (χ2n) is 4.81. The van der Waals surface area contributed by atoms with Gasteiger partial charge >= 0.3 is 0 Å². The number of hydrogen-bond acceptors (Lipinski definition) is 3. The van der Waals surface area contributed by atoms with Gasteiger partial charge < -0.3 is 14.8 Å². The summed E-state index contributed by atoms with van der Waals surface area (Å²) in [6.07, 6.45) is 6.94. The van der Waals surface area contributed by atoms with Gasteiger partial charge in [-0.1, -0.05) is 19.3 Å². The molecule has 1 spiro atoms. The molecule has 1 saturated heterocycles. The van der Waals surface area contributed by atoms with Gasteiger partial charge in [-0.15, -0.1) is 0 Å². The summed E-state index contributed by atoms with van der Waals surface area (Å²) in [7, 11) is 0. The van der Waals surface area contributed by atoms with Crippen LogP contribution in [0.5, 0.6) is 0 Å². The predicted molar refractivity (Wildman–Crippen MR) is 60.1 cm³/mol. The SMILES string of the molecule is CCOCC1CNC2(CCCCC2)CO1. The Kier molecular flexibility index (Phi) is 4.00. The third-order valence-electron chi connectivity index (χ3n) is 3.62. The van der Waals surface area contributed by atoms with Gasteiger partial charge in [-0.2, -0.15) is 0 Å². The molecule has 0 aromatic carbocycles. The van der Waals surface area contributed by atoms with Crippen molar-refractivity contribution in [2.45, 2.75) is 50.7 Å². The van der Waals surface area contributed by atoms with Crippen molar-refractivity contribution < 1.29 is 9.47 Å². The van der Waals surface area contributed by atoms with Crippen LogP contribution < -0.4 is 5.32 Å². The van der Waals surface area contributed by atoms with Crippen LogP contribution in [0.2, 0.25) is 0 Å². The van der Waals surface area contributed by atoms with Gasteiger partial charge in [-0.3, -0.25) is 0 Å². The predicted octanol–water partition coefficient (Wildman–Crippen LogP) is 1.71. The normalized spacial score (nSPS) is 30.6. The largest absolute Gasteiger partial charge is 0.379 e. The van der Waals surface area contributed by atoms with Crippen molar-refractivity contribution in [2.24, 2.45) is 0 Å². The highest BCUT2D eigenvalue weighted by molar-refractivity contribution is 4.94. The van der Waals surface area contributed by atoms with Gasteiger partial charge in [0.1, 0.15) is 0 Å². The molecule has 0 aromatic rings. The van der Waals surface area contributed by atoms with E-state index < -0.39 is 0 Å². The molecule has 0 bridgehead atoms. The van der Waals surface area contributed by atoms with Crippen LogP contribution in [0.3, 0.4) is 0 Å². The van der Waals surface area contributed by atoms with Gasteiger partial charge in [0, 0.05) is 18.7 Å². The maximum atomic E-state index is 5.89. The lowest BCUT2D eigenvalue weighted by molar-refractivity contribution is -0.0771. The molecule has 88 valence electrons. The first-order chi connectivity index (χ1) is 7.35. The van der Waals surface area contributed by atoms with Crippen LogP contribution in [0.15, 0.2) is 0 Å². The maximum Gasteiger partial charge on any atom is 0.0933 e. The van der Waals surface area contributed by atoms with Crippen LogP contribution in [0.25, 0.3) is 0 Å². The van der Waals surface area contributed by atoms with Gasteiger partial charge in [0.15, 0.2) is 0 Å². The van der Waals surface area contributed by atoms with Crippen LogP contribution >= 0.6 is 0 Å². The molecule has 2 fully saturated rings. The van der Waals surface area contributed by atoms with Crippen LogP contribution in [-0.4, -0.2) is 38.0 Å². The number of ether oxygens (including phenoxy) is 2. The molecule has 1 aliphatic heterocycles. The first kappa shape index (κ1) is 11.4. The summed E-state index contributed by atoms with van der Waals surface area (Å²) in [5.74, 6) is 0. The minimum atomic E-state index is 0.262. The average Bonchev–Trinajstić information content (AvgIpc) is 2.30. The van der Waals surface area contributed by atoms with Gasteiger partial charge in [-0.25, -0.2) is 0 Å². The van der Waals surface area contributed by atoms with Gasteiger partial charge in [0.2, 0.25) is 0 Å². The van der Waals surface area contributed by atoms with Gasteiger partial charge in [-0.05, 0) is 19.8 Å². The minimum Gasteiger partial charge on any atom is -0.379 e. The summed E-state index contributed by atoms with van der Waals surface area (Å²) >= 11 is 0. The van der Waals surface area contributed by atoms with Gasteiger partial charge in [0.25, 0.3) is 0 Å². The summed E-state index contributed by atoms with van der Waals surface area (Å²) in [4.78, 5) is 0. The fraction of sp³-hybridized carbons (Fsp3) is 1.00. The Labute approximate surface area is 92.5 Å². The molecule has 1 saturated carbocycles. The molecular formula is C12H23NO2. The van der Waals surface area contributed by atoms with E-state index in [1.807, 2.05) is 6.92 Å². The molecule has 1 atom stereocenters. The van der Waals surface area contributed by atoms with E-state index in [4.69, 9.17) is 9.47 Å². The first-order valence-corrected chi connectivity index (χ1v) is 6.29. The quantitative estimate of drug-likeness (QED) is 0.774. The summed E-state index contributed by atoms with van der Waals surface area (Å²) in [5, 5.41) is 3.69. The highest BCUT2D eigenvalue weighted by Crippen LogP contribution is 2.30. The van der Waals surface area contributed by atoms with E-state index in [0.29, 0.717) is 5.54 Å². The third kappa shape index (κ3) is 2.92. The molecule has 15 heavy (non-hydrogen) atoms. The highest BCUT2D eigenvalue weighted by atomic mass is 16.5. The second-order valence-corrected chi connectivity index (χ2v) is 4.81. The summed E-state index contributed by atoms with van der Waals surface area (Å²) < 4.78 is 11.3. The third-order valence-corrected chi connectivity index (χ3v) is 3.62. The Hall–Kier alpha value is -0.120. The van der Waals surface area contributed by atoms with Crippen LogP contribution in [0.1, 0.15) is 39.0 Å². The number of rotatable bonds is 3. The lowest BCUT2D eigenvalue weighted by Crippen LogP contribution is -2.58. The van der Waals surface area contributed by atoms with E-state index in [1.165, 1.54) is 32.1 Å². The van der Waals surface area contributed by atoms with Crippen molar-refractivity contribution in [3.63, 3.8) is 0 Å². The summed E-state index contributed by atoms with van der Waals surface area (Å²) in [5.41, 5.74) is 0.307. The summed E-state index contributed by atoms with van der Waals surface area (Å²) in [6, 6.07) is 0. The van der Waals surface area contributed by atoms with Crippen molar-refractivity contribution in [3.8, 4) is 0 Å². The minimum absolute atomic E-state index is 0.262. The van der Waals surface area contributed by atoms with E-state index in [9.17, 15) is 0 Å². The van der Waals surface area contributed by atoms with Crippen molar-refractivity contribution in [2.75, 3.05) is 26.4 Å². The molecule has 0 amide bonds. The van der Waals surface area contributed by atoms with E-state index in [2.05, 4.69) is 5.32 Å². The second kappa shape index (κ2) is 5.28. The zero-order chi connectivity index (χ0) is 10.6. The molecule has 1 aliphatic carbocycles. The smallest absolute Gasteiger partial charge is 0.0933 e. The van der Waals surface area contributed by atoms with Crippen LogP contribution in [0, 0.1) is 0 Å². The van der Waals surface area contributed by atoms with Crippen LogP contribution in [-0.2, 0) is 9.47 Å². The average molecular weight is 213 g/mol. The Morgan fingerprint density at radius 2 is 2.13 bits per heavy atom. The maximum absolute atomic E-state index is 5.89. The highest BCUT2D eigenvalue weighted by Gasteiger charge is 2.36. The first-order valence-electron chi connectivity index (χ1n) is 6.29. The monoisotopic (exact) mass is 213 g/mol. The number of nitrogens with one attached hydrogen (secondary N) is 1. The van der Waals surface area contributed by atoms with Gasteiger partial charge in [0.05, 0.1) is 19.3 Å². The fourth-order valence-electron chi connectivity index (χ4n) is 2.62. The molecular weight excluding hydrogens is 190 g/mol. The van der Waals surface area contributed by atoms with E-state index in [0.717, 1.165) is 26.4 Å². The molecule has 1 heterocycles. The Morgan fingerprint density at radius 3 is 2.73 bits per heavy atom. The van der Waals surface area contributed by atoms with Crippen molar-refractivity contribution in [1.29, 1.82) is 0 Å². The van der Waals surface area contributed by atoms with Crippen molar-refractivity contribution in [1.82, 2.24) is 5.32 Å². The van der Waals surface area contributed by atoms with Crippen LogP contribution in [0.4, 0.5) is 0 Å². The molecule has 3 nitrogen and oxygen atoms in total. The zero-order valence-corrected chi connectivity index (χ0v) is 9.76. The lowest BCUT2D eigenvalue weighted by atomic mass is 9.81. The molecule has 1 unspecified atom stereocenters. The summed E-state index contributed by atoms with van der Waals surface area (Å²) in [6.45, 7) is 5.38. The Morgan fingerprint density at radius 1 is 1.33 bits per heavy atom. The molecule has 2 rings (SSSR count). The van der Waals surface area contributed by atoms with Crippen molar-refractivity contribution in [3.05, 3.63) is 0 Å². The topological polar surface area (TPSA) is 30.5 Å². The molecule has 1 N–H and O–H groups in total. The number of hydrogen-bond donors (Lipinski definition) is 1. The molecule has 2 aliphatic rings. The molecule has 0 radical (unpaired) electrons. The van der Waals surface area contributed by atoms with Crippen molar-refractivity contribution >= 4 is 0 Å². The lowest BCUT2D eigenvalue weighted by Gasteiger charge is -2.43. The fourth-order valence-corrected chi connectivity index (χ4v) is 2.62.